The first-order valence-corrected chi connectivity index (χ1v) is 9.92. The number of benzene rings is 1. The molecule has 0 spiro atoms. The Kier molecular flexibility index (Phi) is 4.79. The molecule has 9 nitrogen and oxygen atoms in total. The van der Waals surface area contributed by atoms with Gasteiger partial charge in [-0.2, -0.15) is 9.29 Å². The molecule has 1 aromatic carbocycles. The van der Waals surface area contributed by atoms with Gasteiger partial charge < -0.3 is 20.0 Å². The molecule has 0 amide bonds. The monoisotopic (exact) mass is 389 g/mol. The van der Waals surface area contributed by atoms with Gasteiger partial charge in [0, 0.05) is 31.4 Å². The summed E-state index contributed by atoms with van der Waals surface area (Å²) in [6, 6.07) is 9.01. The molecule has 4 rings (SSSR count). The second-order valence-corrected chi connectivity index (χ2v) is 8.03. The summed E-state index contributed by atoms with van der Waals surface area (Å²) < 4.78 is 37.3. The molecule has 0 unspecified atom stereocenters. The van der Waals surface area contributed by atoms with Crippen LogP contribution in [-0.2, 0) is 21.3 Å². The molecular formula is C17H19N5O4S. The van der Waals surface area contributed by atoms with Crippen LogP contribution >= 0.6 is 0 Å². The molecule has 1 aliphatic heterocycles. The molecular weight excluding hydrogens is 370 g/mol. The maximum Gasteiger partial charge on any atom is 0.274 e. The topological polar surface area (TPSA) is 127 Å². The number of ether oxygens (including phenoxy) is 1. The molecule has 0 aliphatic carbocycles. The van der Waals surface area contributed by atoms with Gasteiger partial charge in [0.05, 0.1) is 13.2 Å². The van der Waals surface area contributed by atoms with Gasteiger partial charge >= 0.3 is 0 Å². The molecule has 0 radical (unpaired) electrons. The Bertz CT molecular complexity index is 1020. The second-order valence-electron chi connectivity index (χ2n) is 6.09. The second kappa shape index (κ2) is 7.24. The molecule has 0 atom stereocenters. The van der Waals surface area contributed by atoms with Crippen LogP contribution in [0.15, 0.2) is 45.9 Å². The van der Waals surface area contributed by atoms with Crippen LogP contribution in [0, 0.1) is 0 Å². The van der Waals surface area contributed by atoms with E-state index in [4.69, 9.17) is 15.0 Å². The number of morpholine rings is 1. The van der Waals surface area contributed by atoms with Crippen molar-refractivity contribution >= 4 is 10.0 Å². The highest BCUT2D eigenvalue weighted by atomic mass is 32.2. The van der Waals surface area contributed by atoms with Crippen molar-refractivity contribution in [2.24, 2.45) is 5.73 Å². The molecule has 1 fully saturated rings. The number of nitrogens with zero attached hydrogens (tertiary/aromatic N) is 3. The number of aromatic amines is 1. The number of H-pyrrole nitrogens is 1. The van der Waals surface area contributed by atoms with Gasteiger partial charge in [0.2, 0.25) is 15.8 Å². The van der Waals surface area contributed by atoms with E-state index >= 15 is 0 Å². The molecule has 10 heteroatoms. The van der Waals surface area contributed by atoms with Crippen molar-refractivity contribution in [3.05, 3.63) is 42.1 Å². The lowest BCUT2D eigenvalue weighted by molar-refractivity contribution is 0.0730. The summed E-state index contributed by atoms with van der Waals surface area (Å²) in [6.45, 7) is 1.93. The van der Waals surface area contributed by atoms with Crippen molar-refractivity contribution in [3.8, 4) is 23.0 Å². The largest absolute Gasteiger partial charge is 0.379 e. The van der Waals surface area contributed by atoms with Crippen molar-refractivity contribution in [3.63, 3.8) is 0 Å². The molecule has 1 aliphatic rings. The van der Waals surface area contributed by atoms with E-state index in [2.05, 4.69) is 15.1 Å². The van der Waals surface area contributed by atoms with Gasteiger partial charge in [-0.3, -0.25) is 0 Å². The summed E-state index contributed by atoms with van der Waals surface area (Å²) in [5, 5.41) is 3.97. The lowest BCUT2D eigenvalue weighted by atomic mass is 10.1. The molecule has 0 saturated carbocycles. The maximum absolute atomic E-state index is 12.7. The molecule has 3 N–H and O–H groups in total. The van der Waals surface area contributed by atoms with Crippen LogP contribution < -0.4 is 5.73 Å². The zero-order chi connectivity index (χ0) is 18.9. The fourth-order valence-electron chi connectivity index (χ4n) is 2.82. The Morgan fingerprint density at radius 3 is 2.63 bits per heavy atom. The third-order valence-electron chi connectivity index (χ3n) is 4.37. The molecule has 3 aromatic rings. The van der Waals surface area contributed by atoms with Crippen LogP contribution in [0.5, 0.6) is 0 Å². The van der Waals surface area contributed by atoms with E-state index in [0.29, 0.717) is 44.4 Å². The van der Waals surface area contributed by atoms with Gasteiger partial charge in [-0.1, -0.05) is 29.4 Å². The highest BCUT2D eigenvalue weighted by Crippen LogP contribution is 2.25. The van der Waals surface area contributed by atoms with Gasteiger partial charge in [0.15, 0.2) is 0 Å². The Labute approximate surface area is 156 Å². The molecule has 2 aromatic heterocycles. The first-order valence-electron chi connectivity index (χ1n) is 8.48. The summed E-state index contributed by atoms with van der Waals surface area (Å²) in [7, 11) is -3.58. The average molecular weight is 389 g/mol. The standard InChI is InChI=1S/C17H19N5O4S/c18-10-12-1-3-13(4-2-12)16-20-17(26-21-16)15-9-14(11-19-15)27(23,24)22-5-7-25-8-6-22/h1-4,9,11,19H,5-8,10,18H2. The van der Waals surface area contributed by atoms with E-state index in [1.165, 1.54) is 16.6 Å². The van der Waals surface area contributed by atoms with Crippen molar-refractivity contribution in [2.75, 3.05) is 26.3 Å². The van der Waals surface area contributed by atoms with E-state index in [0.717, 1.165) is 11.1 Å². The van der Waals surface area contributed by atoms with E-state index in [1.807, 2.05) is 24.3 Å². The van der Waals surface area contributed by atoms with Crippen LogP contribution in [0.3, 0.4) is 0 Å². The number of nitrogens with one attached hydrogen (secondary N) is 1. The highest BCUT2D eigenvalue weighted by molar-refractivity contribution is 7.89. The Hall–Kier alpha value is -2.53. The number of hydrogen-bond donors (Lipinski definition) is 2. The number of hydrogen-bond acceptors (Lipinski definition) is 7. The van der Waals surface area contributed by atoms with E-state index < -0.39 is 10.0 Å². The summed E-state index contributed by atoms with van der Waals surface area (Å²) in [4.78, 5) is 7.40. The minimum absolute atomic E-state index is 0.159. The summed E-state index contributed by atoms with van der Waals surface area (Å²) in [5.41, 5.74) is 7.83. The minimum Gasteiger partial charge on any atom is -0.379 e. The predicted molar refractivity (Wildman–Crippen MR) is 97.0 cm³/mol. The van der Waals surface area contributed by atoms with Gasteiger partial charge in [-0.05, 0) is 11.6 Å². The van der Waals surface area contributed by atoms with Gasteiger partial charge in [0.25, 0.3) is 5.89 Å². The molecule has 27 heavy (non-hydrogen) atoms. The SMILES string of the molecule is NCc1ccc(-c2noc(-c3cc(S(=O)(=O)N4CCOCC4)c[nH]3)n2)cc1. The van der Waals surface area contributed by atoms with Crippen LogP contribution in [0.1, 0.15) is 5.56 Å². The Balaban J connectivity index is 1.57. The fraction of sp³-hybridized carbons (Fsp3) is 0.294. The van der Waals surface area contributed by atoms with Crippen LogP contribution in [0.4, 0.5) is 0 Å². The lowest BCUT2D eigenvalue weighted by Gasteiger charge is -2.25. The number of aromatic nitrogens is 3. The van der Waals surface area contributed by atoms with Crippen molar-refractivity contribution in [2.45, 2.75) is 11.4 Å². The smallest absolute Gasteiger partial charge is 0.274 e. The first kappa shape index (κ1) is 17.9. The summed E-state index contributed by atoms with van der Waals surface area (Å²) in [6.07, 6.45) is 1.43. The zero-order valence-corrected chi connectivity index (χ0v) is 15.3. The molecule has 3 heterocycles. The van der Waals surface area contributed by atoms with Gasteiger partial charge in [-0.25, -0.2) is 8.42 Å². The predicted octanol–water partition coefficient (Wildman–Crippen LogP) is 1.21. The first-order chi connectivity index (χ1) is 13.1. The summed E-state index contributed by atoms with van der Waals surface area (Å²) in [5.74, 6) is 0.636. The van der Waals surface area contributed by atoms with Crippen molar-refractivity contribution in [1.29, 1.82) is 0 Å². The molecule has 142 valence electrons. The molecule has 1 saturated heterocycles. The minimum atomic E-state index is -3.58. The Morgan fingerprint density at radius 1 is 1.19 bits per heavy atom. The molecule has 0 bridgehead atoms. The van der Waals surface area contributed by atoms with E-state index in [1.54, 1.807) is 0 Å². The van der Waals surface area contributed by atoms with Gasteiger partial charge in [0.1, 0.15) is 10.6 Å². The van der Waals surface area contributed by atoms with E-state index in [-0.39, 0.29) is 10.8 Å². The highest BCUT2D eigenvalue weighted by Gasteiger charge is 2.28. The zero-order valence-electron chi connectivity index (χ0n) is 14.5. The van der Waals surface area contributed by atoms with E-state index in [9.17, 15) is 8.42 Å². The lowest BCUT2D eigenvalue weighted by Crippen LogP contribution is -2.40. The third-order valence-corrected chi connectivity index (χ3v) is 6.25. The van der Waals surface area contributed by atoms with Crippen molar-refractivity contribution in [1.82, 2.24) is 19.4 Å². The quantitative estimate of drug-likeness (QED) is 0.671. The maximum atomic E-state index is 12.7. The third kappa shape index (κ3) is 3.52. The summed E-state index contributed by atoms with van der Waals surface area (Å²) >= 11 is 0. The Morgan fingerprint density at radius 2 is 1.93 bits per heavy atom. The number of sulfonamides is 1. The number of nitrogens with two attached hydrogens (primary N) is 1. The van der Waals surface area contributed by atoms with Crippen LogP contribution in [-0.4, -0.2) is 54.2 Å². The average Bonchev–Trinajstić information content (AvgIpc) is 3.38. The van der Waals surface area contributed by atoms with Crippen molar-refractivity contribution < 1.29 is 17.7 Å². The fourth-order valence-corrected chi connectivity index (χ4v) is 4.23. The van der Waals surface area contributed by atoms with Crippen LogP contribution in [0.2, 0.25) is 0 Å². The normalized spacial score (nSPS) is 15.9. The van der Waals surface area contributed by atoms with Gasteiger partial charge in [-0.15, -0.1) is 0 Å². The number of rotatable bonds is 5. The van der Waals surface area contributed by atoms with Crippen LogP contribution in [0.25, 0.3) is 23.0 Å².